The zero-order valence-electron chi connectivity index (χ0n) is 13.9. The van der Waals surface area contributed by atoms with Gasteiger partial charge in [-0.25, -0.2) is 5.48 Å². The molecule has 0 aromatic heterocycles. The van der Waals surface area contributed by atoms with E-state index in [1.54, 1.807) is 43.9 Å². The Hall–Kier alpha value is -2.12. The summed E-state index contributed by atoms with van der Waals surface area (Å²) in [6.07, 6.45) is 2.74. The lowest BCUT2D eigenvalue weighted by Crippen LogP contribution is -2.58. The lowest BCUT2D eigenvalue weighted by atomic mass is 9.81. The average Bonchev–Trinajstić information content (AvgIpc) is 3.38. The Morgan fingerprint density at radius 3 is 2.54 bits per heavy atom. The number of likely N-dealkylation sites (N-methyl/N-ethyl adjacent to an activating group) is 1. The van der Waals surface area contributed by atoms with Crippen molar-refractivity contribution < 1.29 is 19.5 Å². The summed E-state index contributed by atoms with van der Waals surface area (Å²) < 4.78 is 5.12. The number of nitrogens with zero attached hydrogens (tertiary/aromatic N) is 1. The minimum atomic E-state index is -0.643. The number of methoxy groups -OCH3 is 1. The minimum absolute atomic E-state index is 0.118. The third-order valence-corrected chi connectivity index (χ3v) is 5.21. The first-order valence-electron chi connectivity index (χ1n) is 8.09. The molecule has 2 fully saturated rings. The first kappa shape index (κ1) is 16.7. The molecule has 2 atom stereocenters. The van der Waals surface area contributed by atoms with Crippen LogP contribution in [-0.4, -0.2) is 43.8 Å². The minimum Gasteiger partial charge on any atom is -0.497 e. The van der Waals surface area contributed by atoms with Crippen LogP contribution in [0.4, 0.5) is 5.69 Å². The predicted octanol–water partition coefficient (Wildman–Crippen LogP) is 0.922. The second-order valence-corrected chi connectivity index (χ2v) is 6.74. The first-order chi connectivity index (χ1) is 11.5. The van der Waals surface area contributed by atoms with Crippen molar-refractivity contribution in [3.8, 4) is 5.75 Å². The fourth-order valence-electron chi connectivity index (χ4n) is 3.41. The molecule has 7 heteroatoms. The number of hydroxylamine groups is 1. The molecule has 1 saturated carbocycles. The molecule has 1 aliphatic heterocycles. The monoisotopic (exact) mass is 333 g/mol. The highest BCUT2D eigenvalue weighted by atomic mass is 16.5. The van der Waals surface area contributed by atoms with E-state index in [0.29, 0.717) is 12.2 Å². The Bertz CT molecular complexity index is 627. The van der Waals surface area contributed by atoms with Gasteiger partial charge in [0.05, 0.1) is 19.1 Å². The fourth-order valence-corrected chi connectivity index (χ4v) is 3.41. The van der Waals surface area contributed by atoms with E-state index >= 15 is 0 Å². The molecule has 1 saturated heterocycles. The normalized spacial score (nSPS) is 24.3. The van der Waals surface area contributed by atoms with Gasteiger partial charge in [0.1, 0.15) is 5.75 Å². The van der Waals surface area contributed by atoms with Gasteiger partial charge < -0.3 is 15.0 Å². The number of nitrogens with one attached hydrogen (secondary N) is 2. The molecule has 2 unspecified atom stereocenters. The summed E-state index contributed by atoms with van der Waals surface area (Å²) in [6.45, 7) is 0.731. The number of anilines is 1. The maximum absolute atomic E-state index is 12.9. The van der Waals surface area contributed by atoms with Crippen molar-refractivity contribution in [1.29, 1.82) is 0 Å². The summed E-state index contributed by atoms with van der Waals surface area (Å²) >= 11 is 0. The highest BCUT2D eigenvalue weighted by Gasteiger charge is 2.52. The Balaban J connectivity index is 1.76. The maximum Gasteiger partial charge on any atom is 0.248 e. The van der Waals surface area contributed by atoms with Crippen LogP contribution in [0.2, 0.25) is 0 Å². The summed E-state index contributed by atoms with van der Waals surface area (Å²) in [5.74, 6) is -0.553. The van der Waals surface area contributed by atoms with E-state index in [0.717, 1.165) is 25.1 Å². The Morgan fingerprint density at radius 1 is 1.33 bits per heavy atom. The lowest BCUT2D eigenvalue weighted by molar-refractivity contribution is -0.139. The molecule has 1 aromatic carbocycles. The third kappa shape index (κ3) is 3.09. The number of benzene rings is 1. The van der Waals surface area contributed by atoms with Gasteiger partial charge in [0.25, 0.3) is 0 Å². The number of amides is 2. The van der Waals surface area contributed by atoms with Crippen LogP contribution in [0.3, 0.4) is 0 Å². The van der Waals surface area contributed by atoms with Crippen molar-refractivity contribution >= 4 is 17.5 Å². The molecule has 7 nitrogen and oxygen atoms in total. The molecule has 130 valence electrons. The van der Waals surface area contributed by atoms with Crippen LogP contribution in [0.5, 0.6) is 5.75 Å². The number of hydrogen-bond donors (Lipinski definition) is 3. The largest absolute Gasteiger partial charge is 0.497 e. The number of ether oxygens (including phenoxy) is 1. The number of carbonyl (C=O) groups is 2. The molecule has 1 spiro atoms. The zero-order valence-corrected chi connectivity index (χ0v) is 13.9. The van der Waals surface area contributed by atoms with Crippen molar-refractivity contribution in [3.05, 3.63) is 24.3 Å². The van der Waals surface area contributed by atoms with Crippen molar-refractivity contribution in [3.63, 3.8) is 0 Å². The quantitative estimate of drug-likeness (QED) is 0.563. The summed E-state index contributed by atoms with van der Waals surface area (Å²) in [6, 6.07) is 6.51. The van der Waals surface area contributed by atoms with Crippen LogP contribution in [0, 0.1) is 11.3 Å². The number of rotatable bonds is 4. The van der Waals surface area contributed by atoms with Gasteiger partial charge >= 0.3 is 0 Å². The predicted molar refractivity (Wildman–Crippen MR) is 87.9 cm³/mol. The van der Waals surface area contributed by atoms with Crippen molar-refractivity contribution in [2.45, 2.75) is 25.3 Å². The van der Waals surface area contributed by atoms with Crippen LogP contribution < -0.4 is 20.4 Å². The van der Waals surface area contributed by atoms with E-state index in [1.807, 2.05) is 0 Å². The molecule has 2 amide bonds. The molecule has 3 N–H and O–H groups in total. The second-order valence-electron chi connectivity index (χ2n) is 6.74. The first-order valence-corrected chi connectivity index (χ1v) is 8.09. The number of hydrogen-bond acceptors (Lipinski definition) is 5. The summed E-state index contributed by atoms with van der Waals surface area (Å²) in [7, 11) is 3.27. The molecule has 0 bridgehead atoms. The van der Waals surface area contributed by atoms with Crippen molar-refractivity contribution in [1.82, 2.24) is 10.8 Å². The topological polar surface area (TPSA) is 90.9 Å². The molecule has 1 aromatic rings. The fraction of sp³-hybridized carbons (Fsp3) is 0.529. The van der Waals surface area contributed by atoms with E-state index in [4.69, 9.17) is 9.94 Å². The second kappa shape index (κ2) is 6.41. The Labute approximate surface area is 140 Å². The van der Waals surface area contributed by atoms with E-state index in [-0.39, 0.29) is 11.3 Å². The van der Waals surface area contributed by atoms with Crippen molar-refractivity contribution in [2.75, 3.05) is 25.6 Å². The lowest BCUT2D eigenvalue weighted by Gasteiger charge is -2.37. The van der Waals surface area contributed by atoms with Gasteiger partial charge in [0, 0.05) is 19.3 Å². The molecule has 24 heavy (non-hydrogen) atoms. The molecule has 0 radical (unpaired) electrons. The molecule has 1 heterocycles. The molecule has 2 aliphatic rings. The van der Waals surface area contributed by atoms with E-state index in [2.05, 4.69) is 5.32 Å². The summed E-state index contributed by atoms with van der Waals surface area (Å²) in [5.41, 5.74) is 2.55. The highest BCUT2D eigenvalue weighted by molar-refractivity contribution is 6.00. The summed E-state index contributed by atoms with van der Waals surface area (Å²) in [5, 5.41) is 12.2. The molecule has 1 aliphatic carbocycles. The van der Waals surface area contributed by atoms with Gasteiger partial charge in [-0.3, -0.25) is 14.8 Å². The van der Waals surface area contributed by atoms with Gasteiger partial charge in [0.15, 0.2) is 0 Å². The summed E-state index contributed by atoms with van der Waals surface area (Å²) in [4.78, 5) is 26.5. The van der Waals surface area contributed by atoms with E-state index in [1.165, 1.54) is 4.90 Å². The molecular formula is C17H23N3O4. The molecule has 3 rings (SSSR count). The van der Waals surface area contributed by atoms with Crippen molar-refractivity contribution in [2.24, 2.45) is 11.3 Å². The van der Waals surface area contributed by atoms with Gasteiger partial charge in [-0.1, -0.05) is 0 Å². The third-order valence-electron chi connectivity index (χ3n) is 5.21. The van der Waals surface area contributed by atoms with Gasteiger partial charge in [0.2, 0.25) is 11.8 Å². The van der Waals surface area contributed by atoms with E-state index in [9.17, 15) is 9.59 Å². The zero-order chi connectivity index (χ0) is 17.3. The van der Waals surface area contributed by atoms with Gasteiger partial charge in [-0.2, -0.15) is 0 Å². The van der Waals surface area contributed by atoms with Crippen LogP contribution >= 0.6 is 0 Å². The average molecular weight is 333 g/mol. The maximum atomic E-state index is 12.9. The number of piperidine rings is 1. The smallest absolute Gasteiger partial charge is 0.248 e. The Morgan fingerprint density at radius 2 is 2.00 bits per heavy atom. The SMILES string of the molecule is COc1ccc(N(C)C(=O)C2NCC3(CC3)CC2C(=O)NO)cc1. The van der Waals surface area contributed by atoms with Crippen LogP contribution in [0.25, 0.3) is 0 Å². The van der Waals surface area contributed by atoms with Crippen LogP contribution in [0.15, 0.2) is 24.3 Å². The van der Waals surface area contributed by atoms with Crippen LogP contribution in [0.1, 0.15) is 19.3 Å². The van der Waals surface area contributed by atoms with Gasteiger partial charge in [-0.15, -0.1) is 0 Å². The standard InChI is InChI=1S/C17H23N3O4/c1-20(11-3-5-12(24-2)6-4-11)16(22)14-13(15(21)19-23)9-17(7-8-17)10-18-14/h3-6,13-14,18,23H,7-10H2,1-2H3,(H,19,21). The van der Waals surface area contributed by atoms with Gasteiger partial charge in [-0.05, 0) is 48.9 Å². The van der Waals surface area contributed by atoms with E-state index < -0.39 is 17.9 Å². The Kier molecular flexibility index (Phi) is 4.47. The molecular weight excluding hydrogens is 310 g/mol. The number of carbonyl (C=O) groups excluding carboxylic acids is 2. The van der Waals surface area contributed by atoms with Crippen LogP contribution in [-0.2, 0) is 9.59 Å². The highest BCUT2D eigenvalue weighted by Crippen LogP contribution is 2.52.